The van der Waals surface area contributed by atoms with E-state index in [1.54, 1.807) is 0 Å². The van der Waals surface area contributed by atoms with Crippen LogP contribution in [0, 0.1) is 6.57 Å². The lowest BCUT2D eigenvalue weighted by Crippen LogP contribution is -2.09. The number of fused-ring (bicyclic) bond motifs is 20. The van der Waals surface area contributed by atoms with E-state index in [4.69, 9.17) is 37.5 Å². The largest absolute Gasteiger partial charge is 0.456 e. The van der Waals surface area contributed by atoms with E-state index in [9.17, 15) is 6.57 Å². The number of hydrogen-bond donors (Lipinski definition) is 0. The predicted octanol–water partition coefficient (Wildman–Crippen LogP) is 24.2. The van der Waals surface area contributed by atoms with Gasteiger partial charge in [-0.3, -0.25) is 0 Å². The molecule has 7 aromatic heterocycles. The van der Waals surface area contributed by atoms with Crippen LogP contribution in [0.15, 0.2) is 309 Å². The average Bonchev–Trinajstić information content (AvgIpc) is 1.53. The molecule has 0 spiro atoms. The molecule has 0 aliphatic carbocycles. The molecule has 14 aromatic carbocycles. The molecule has 7 heterocycles. The van der Waals surface area contributed by atoms with Crippen molar-refractivity contribution >= 4 is 137 Å². The Morgan fingerprint density at radius 1 is 0.265 bits per heavy atom. The molecular weight excluding hydrogens is 1210 g/mol. The number of nitrogens with zero attached hydrogens (tertiary/aromatic N) is 6. The van der Waals surface area contributed by atoms with Gasteiger partial charge in [0, 0.05) is 76.1 Å². The molecule has 0 fully saturated rings. The van der Waals surface area contributed by atoms with Gasteiger partial charge in [-0.1, -0.05) is 188 Å². The Hall–Kier alpha value is -13.6. The summed E-state index contributed by atoms with van der Waals surface area (Å²) in [6.07, 6.45) is 0. The minimum Gasteiger partial charge on any atom is -0.456 e. The molecule has 0 bridgehead atoms. The SMILES string of the molecule is [C-]#[N+]c1cc(-c2nc(-c3ccc4c(c3)oc3ccccc34)nc(-c3ccc4c(c3)oc3ccccc34)n2)c(-c2ccccc2)c(-n2c3ccc(-c4ccccc4)cc3c3c4oc5ccccc5c4ccc32)c1-n1c2ccc(-c3ccccc3)cc2c2c3oc4ccccc4c3ccc21. The fourth-order valence-electron chi connectivity index (χ4n) is 15.4. The summed E-state index contributed by atoms with van der Waals surface area (Å²) >= 11 is 0. The summed E-state index contributed by atoms with van der Waals surface area (Å²) < 4.78 is 32.0. The number of benzene rings is 14. The van der Waals surface area contributed by atoms with Crippen LogP contribution in [0.5, 0.6) is 0 Å². The van der Waals surface area contributed by atoms with Crippen LogP contribution in [0.3, 0.4) is 0 Å². The normalized spacial score (nSPS) is 12.1. The van der Waals surface area contributed by atoms with Gasteiger partial charge in [-0.25, -0.2) is 19.8 Å². The fourth-order valence-corrected chi connectivity index (χ4v) is 15.4. The summed E-state index contributed by atoms with van der Waals surface area (Å²) in [4.78, 5) is 21.4. The van der Waals surface area contributed by atoms with Crippen molar-refractivity contribution in [3.63, 3.8) is 0 Å². The highest BCUT2D eigenvalue weighted by Crippen LogP contribution is 2.53. The van der Waals surface area contributed by atoms with Crippen LogP contribution < -0.4 is 0 Å². The summed E-state index contributed by atoms with van der Waals surface area (Å²) in [6, 6.07) is 101. The number of rotatable bonds is 8. The Balaban J connectivity index is 0.942. The van der Waals surface area contributed by atoms with Crippen molar-refractivity contribution < 1.29 is 17.7 Å². The molecule has 0 aliphatic heterocycles. The van der Waals surface area contributed by atoms with Gasteiger partial charge in [0.1, 0.15) is 44.7 Å². The van der Waals surface area contributed by atoms with Gasteiger partial charge in [-0.2, -0.15) is 0 Å². The molecule has 0 saturated heterocycles. The molecule has 0 radical (unpaired) electrons. The minimum absolute atomic E-state index is 0.349. The standard InChI is InChI=1S/C88H48N6O4/c1-89-68-49-67(88-91-86(55-33-37-61-57-25-11-15-29-73(57)95-77(61)47-55)90-87(92-88)56-34-38-62-58-26-12-16-30-74(58)96-78(62)48-56)79(52-23-9-4-10-24-52)83(94-70-42-36-54(51-21-7-3-8-22-51)46-66(70)81-72(94)44-40-64-60-28-14-18-32-76(60)98-85(64)81)82(68)93-69-41-35-53(50-19-5-2-6-20-50)45-65(69)80-71(93)43-39-63-59-27-13-17-31-75(59)97-84(63)80/h2-49H. The zero-order valence-corrected chi connectivity index (χ0v) is 52.0. The van der Waals surface area contributed by atoms with Gasteiger partial charge in [-0.05, 0) is 131 Å². The summed E-state index contributed by atoms with van der Waals surface area (Å²) in [5.74, 6) is 1.17. The third-order valence-corrected chi connectivity index (χ3v) is 19.8. The van der Waals surface area contributed by atoms with Crippen molar-refractivity contribution in [2.75, 3.05) is 0 Å². The molecule has 21 rings (SSSR count). The summed E-state index contributed by atoms with van der Waals surface area (Å²) in [5.41, 5.74) is 19.2. The quantitative estimate of drug-likeness (QED) is 0.140. The lowest BCUT2D eigenvalue weighted by Gasteiger charge is -2.25. The van der Waals surface area contributed by atoms with Gasteiger partial charge in [-0.15, -0.1) is 0 Å². The fraction of sp³-hybridized carbons (Fsp3) is 0. The van der Waals surface area contributed by atoms with Crippen LogP contribution in [-0.4, -0.2) is 24.1 Å². The van der Waals surface area contributed by atoms with Crippen LogP contribution in [-0.2, 0) is 0 Å². The Bertz CT molecular complexity index is 6870. The first-order valence-corrected chi connectivity index (χ1v) is 32.7. The molecule has 0 unspecified atom stereocenters. The highest BCUT2D eigenvalue weighted by molar-refractivity contribution is 6.27. The molecule has 10 heteroatoms. The number of para-hydroxylation sites is 4. The van der Waals surface area contributed by atoms with Gasteiger partial charge in [0.15, 0.2) is 17.5 Å². The van der Waals surface area contributed by atoms with Crippen LogP contribution in [0.1, 0.15) is 0 Å². The van der Waals surface area contributed by atoms with E-state index in [2.05, 4.69) is 203 Å². The average molecular weight is 1250 g/mol. The topological polar surface area (TPSA) is 105 Å². The van der Waals surface area contributed by atoms with E-state index in [1.807, 2.05) is 97.1 Å². The molecule has 0 atom stereocenters. The summed E-state index contributed by atoms with van der Waals surface area (Å²) in [6.45, 7) is 9.82. The van der Waals surface area contributed by atoms with E-state index >= 15 is 0 Å². The monoisotopic (exact) mass is 1250 g/mol. The van der Waals surface area contributed by atoms with Crippen molar-refractivity contribution in [1.82, 2.24) is 24.1 Å². The molecule has 454 valence electrons. The number of furan rings is 4. The van der Waals surface area contributed by atoms with Gasteiger partial charge in [0.2, 0.25) is 5.69 Å². The van der Waals surface area contributed by atoms with Crippen molar-refractivity contribution in [2.24, 2.45) is 0 Å². The van der Waals surface area contributed by atoms with Crippen molar-refractivity contribution in [3.05, 3.63) is 303 Å². The van der Waals surface area contributed by atoms with Crippen molar-refractivity contribution in [2.45, 2.75) is 0 Å². The smallest absolute Gasteiger partial charge is 0.213 e. The van der Waals surface area contributed by atoms with Gasteiger partial charge >= 0.3 is 0 Å². The second kappa shape index (κ2) is 20.7. The summed E-state index contributed by atoms with van der Waals surface area (Å²) in [5, 5.41) is 11.8. The lowest BCUT2D eigenvalue weighted by molar-refractivity contribution is 0.668. The second-order valence-corrected chi connectivity index (χ2v) is 25.2. The van der Waals surface area contributed by atoms with E-state index in [1.165, 1.54) is 0 Å². The van der Waals surface area contributed by atoms with Crippen molar-refractivity contribution in [3.8, 4) is 78.9 Å². The zero-order chi connectivity index (χ0) is 64.3. The lowest BCUT2D eigenvalue weighted by atomic mass is 9.93. The zero-order valence-electron chi connectivity index (χ0n) is 52.0. The number of aromatic nitrogens is 5. The maximum Gasteiger partial charge on any atom is 0.213 e. The van der Waals surface area contributed by atoms with Crippen LogP contribution >= 0.6 is 0 Å². The highest BCUT2D eigenvalue weighted by Gasteiger charge is 2.32. The van der Waals surface area contributed by atoms with E-state index in [0.717, 1.165) is 165 Å². The second-order valence-electron chi connectivity index (χ2n) is 25.2. The summed E-state index contributed by atoms with van der Waals surface area (Å²) in [7, 11) is 0. The minimum atomic E-state index is 0.349. The molecular formula is C88H48N6O4. The first kappa shape index (κ1) is 53.8. The molecule has 0 amide bonds. The Labute approximate surface area is 557 Å². The molecule has 10 nitrogen and oxygen atoms in total. The third kappa shape index (κ3) is 7.92. The van der Waals surface area contributed by atoms with Crippen LogP contribution in [0.4, 0.5) is 5.69 Å². The number of hydrogen-bond acceptors (Lipinski definition) is 7. The Morgan fingerprint density at radius 3 is 1.10 bits per heavy atom. The van der Waals surface area contributed by atoms with E-state index in [-0.39, 0.29) is 0 Å². The van der Waals surface area contributed by atoms with Gasteiger partial charge in [0.25, 0.3) is 0 Å². The molecule has 0 aliphatic rings. The third-order valence-electron chi connectivity index (χ3n) is 19.8. The van der Waals surface area contributed by atoms with E-state index < -0.39 is 0 Å². The molecule has 98 heavy (non-hydrogen) atoms. The highest BCUT2D eigenvalue weighted by atomic mass is 16.3. The Morgan fingerprint density at radius 2 is 0.633 bits per heavy atom. The maximum atomic E-state index is 9.82. The first-order valence-electron chi connectivity index (χ1n) is 32.7. The van der Waals surface area contributed by atoms with Gasteiger partial charge in [0.05, 0.1) is 50.8 Å². The molecule has 21 aromatic rings. The van der Waals surface area contributed by atoms with E-state index in [0.29, 0.717) is 51.3 Å². The molecule has 0 saturated carbocycles. The Kier molecular flexibility index (Phi) is 11.4. The predicted molar refractivity (Wildman–Crippen MR) is 396 cm³/mol. The van der Waals surface area contributed by atoms with Crippen molar-refractivity contribution in [1.29, 1.82) is 0 Å². The first-order chi connectivity index (χ1) is 48.5. The van der Waals surface area contributed by atoms with Crippen LogP contribution in [0.25, 0.3) is 215 Å². The molecule has 0 N–H and O–H groups in total. The van der Waals surface area contributed by atoms with Crippen LogP contribution in [0.2, 0.25) is 0 Å². The maximum absolute atomic E-state index is 9.82. The van der Waals surface area contributed by atoms with Gasteiger partial charge < -0.3 is 26.8 Å².